The number of ether oxygens (including phenoxy) is 2. The third-order valence-electron chi connectivity index (χ3n) is 3.89. The molecule has 1 aromatic heterocycles. The molecule has 0 aliphatic carbocycles. The summed E-state index contributed by atoms with van der Waals surface area (Å²) in [4.78, 5) is 8.73. The summed E-state index contributed by atoms with van der Waals surface area (Å²) in [5, 5.41) is 7.22. The highest BCUT2D eigenvalue weighted by Crippen LogP contribution is 2.34. The molecule has 132 valence electrons. The number of halogens is 1. The van der Waals surface area contributed by atoms with Crippen molar-refractivity contribution in [1.82, 2.24) is 9.97 Å². The topological polar surface area (TPSA) is 68.3 Å². The van der Waals surface area contributed by atoms with Gasteiger partial charge in [0.15, 0.2) is 11.5 Å². The van der Waals surface area contributed by atoms with Gasteiger partial charge >= 0.3 is 0 Å². The van der Waals surface area contributed by atoms with Crippen molar-refractivity contribution >= 4 is 29.1 Å². The van der Waals surface area contributed by atoms with E-state index in [1.54, 1.807) is 6.20 Å². The third-order valence-corrected chi connectivity index (χ3v) is 4.12. The number of nitrogens with zero attached hydrogens (tertiary/aromatic N) is 2. The molecule has 0 bridgehead atoms. The van der Waals surface area contributed by atoms with Gasteiger partial charge in [-0.2, -0.15) is 4.98 Å². The van der Waals surface area contributed by atoms with Crippen molar-refractivity contribution in [1.29, 1.82) is 0 Å². The first-order valence-electron chi connectivity index (χ1n) is 8.24. The zero-order valence-corrected chi connectivity index (χ0v) is 14.7. The monoisotopic (exact) mass is 368 g/mol. The van der Waals surface area contributed by atoms with Gasteiger partial charge in [0.2, 0.25) is 12.7 Å². The van der Waals surface area contributed by atoms with E-state index in [1.807, 2.05) is 48.5 Å². The number of hydrogen-bond acceptors (Lipinski definition) is 6. The number of hydrogen-bond donors (Lipinski definition) is 2. The van der Waals surface area contributed by atoms with Crippen LogP contribution in [0.4, 0.5) is 17.5 Å². The fourth-order valence-corrected chi connectivity index (χ4v) is 2.86. The zero-order chi connectivity index (χ0) is 17.8. The Morgan fingerprint density at radius 2 is 1.96 bits per heavy atom. The molecule has 3 aromatic rings. The Hall–Kier alpha value is -2.99. The number of benzene rings is 2. The fraction of sp³-hybridized carbons (Fsp3) is 0.158. The minimum atomic E-state index is 0.257. The van der Waals surface area contributed by atoms with Crippen LogP contribution in [0, 0.1) is 0 Å². The number of anilines is 3. The van der Waals surface area contributed by atoms with E-state index in [0.717, 1.165) is 28.6 Å². The first-order valence-corrected chi connectivity index (χ1v) is 8.62. The van der Waals surface area contributed by atoms with Gasteiger partial charge in [-0.1, -0.05) is 23.7 Å². The summed E-state index contributed by atoms with van der Waals surface area (Å²) in [6.07, 6.45) is 2.55. The Morgan fingerprint density at radius 1 is 1.04 bits per heavy atom. The number of aromatic nitrogens is 2. The summed E-state index contributed by atoms with van der Waals surface area (Å²) in [6, 6.07) is 15.3. The SMILES string of the molecule is Clc1cccc(CCNc2nccc(Nc3ccc4c(c3)OCO4)n2)c1. The Kier molecular flexibility index (Phi) is 4.75. The molecule has 0 saturated carbocycles. The summed E-state index contributed by atoms with van der Waals surface area (Å²) in [6.45, 7) is 0.973. The molecule has 0 saturated heterocycles. The van der Waals surface area contributed by atoms with E-state index in [2.05, 4.69) is 20.6 Å². The van der Waals surface area contributed by atoms with E-state index in [-0.39, 0.29) is 6.79 Å². The molecule has 0 fully saturated rings. The first kappa shape index (κ1) is 16.5. The van der Waals surface area contributed by atoms with Gasteiger partial charge in [-0.3, -0.25) is 0 Å². The van der Waals surface area contributed by atoms with Crippen LogP contribution < -0.4 is 20.1 Å². The lowest BCUT2D eigenvalue weighted by Crippen LogP contribution is -2.08. The van der Waals surface area contributed by atoms with E-state index in [0.29, 0.717) is 18.3 Å². The summed E-state index contributed by atoms with van der Waals surface area (Å²) in [7, 11) is 0. The Balaban J connectivity index is 1.37. The minimum absolute atomic E-state index is 0.257. The molecule has 0 atom stereocenters. The molecule has 26 heavy (non-hydrogen) atoms. The quantitative estimate of drug-likeness (QED) is 0.677. The van der Waals surface area contributed by atoms with Crippen molar-refractivity contribution in [3.63, 3.8) is 0 Å². The Morgan fingerprint density at radius 3 is 2.88 bits per heavy atom. The molecule has 6 nitrogen and oxygen atoms in total. The van der Waals surface area contributed by atoms with Crippen molar-refractivity contribution in [2.75, 3.05) is 24.0 Å². The van der Waals surface area contributed by atoms with Gasteiger partial charge in [0.25, 0.3) is 0 Å². The molecule has 2 heterocycles. The van der Waals surface area contributed by atoms with Gasteiger partial charge in [0.1, 0.15) is 5.82 Å². The second-order valence-corrected chi connectivity index (χ2v) is 6.20. The molecular weight excluding hydrogens is 352 g/mol. The largest absolute Gasteiger partial charge is 0.454 e. The molecule has 7 heteroatoms. The normalized spacial score (nSPS) is 12.0. The number of nitrogens with one attached hydrogen (secondary N) is 2. The van der Waals surface area contributed by atoms with Gasteiger partial charge in [0, 0.05) is 29.5 Å². The summed E-state index contributed by atoms with van der Waals surface area (Å²) >= 11 is 6.00. The average Bonchev–Trinajstić information content (AvgIpc) is 3.10. The molecular formula is C19H17ClN4O2. The van der Waals surface area contributed by atoms with Crippen LogP contribution in [-0.4, -0.2) is 23.3 Å². The lowest BCUT2D eigenvalue weighted by Gasteiger charge is -2.09. The maximum Gasteiger partial charge on any atom is 0.231 e. The molecule has 1 aliphatic rings. The van der Waals surface area contributed by atoms with E-state index >= 15 is 0 Å². The molecule has 2 aromatic carbocycles. The van der Waals surface area contributed by atoms with Crippen LogP contribution in [0.5, 0.6) is 11.5 Å². The second-order valence-electron chi connectivity index (χ2n) is 5.77. The van der Waals surface area contributed by atoms with Crippen molar-refractivity contribution in [2.45, 2.75) is 6.42 Å². The Bertz CT molecular complexity index is 920. The third kappa shape index (κ3) is 3.97. The summed E-state index contributed by atoms with van der Waals surface area (Å²) < 4.78 is 10.7. The predicted octanol–water partition coefficient (Wildman–Crippen LogP) is 4.26. The minimum Gasteiger partial charge on any atom is -0.454 e. The maximum atomic E-state index is 6.00. The van der Waals surface area contributed by atoms with Gasteiger partial charge in [-0.05, 0) is 42.3 Å². The van der Waals surface area contributed by atoms with Gasteiger partial charge in [-0.25, -0.2) is 4.98 Å². The van der Waals surface area contributed by atoms with Gasteiger partial charge < -0.3 is 20.1 Å². The van der Waals surface area contributed by atoms with Crippen LogP contribution in [-0.2, 0) is 6.42 Å². The van der Waals surface area contributed by atoms with Crippen LogP contribution in [0.15, 0.2) is 54.7 Å². The van der Waals surface area contributed by atoms with Crippen molar-refractivity contribution < 1.29 is 9.47 Å². The Labute approximate surface area is 156 Å². The standard InChI is InChI=1S/C19H17ClN4O2/c20-14-3-1-2-13(10-14)6-8-21-19-22-9-7-18(24-19)23-15-4-5-16-17(11-15)26-12-25-16/h1-5,7,9-11H,6,8,12H2,(H2,21,22,23,24). The highest BCUT2D eigenvalue weighted by molar-refractivity contribution is 6.30. The van der Waals surface area contributed by atoms with E-state index < -0.39 is 0 Å². The molecule has 4 rings (SSSR count). The average molecular weight is 369 g/mol. The van der Waals surface area contributed by atoms with E-state index in [4.69, 9.17) is 21.1 Å². The lowest BCUT2D eigenvalue weighted by molar-refractivity contribution is 0.174. The van der Waals surface area contributed by atoms with E-state index in [9.17, 15) is 0 Å². The number of rotatable bonds is 6. The smallest absolute Gasteiger partial charge is 0.231 e. The molecule has 1 aliphatic heterocycles. The van der Waals surface area contributed by atoms with Crippen molar-refractivity contribution in [2.24, 2.45) is 0 Å². The zero-order valence-electron chi connectivity index (χ0n) is 13.9. The summed E-state index contributed by atoms with van der Waals surface area (Å²) in [5.74, 6) is 2.74. The van der Waals surface area contributed by atoms with Crippen molar-refractivity contribution in [3.05, 3.63) is 65.3 Å². The lowest BCUT2D eigenvalue weighted by atomic mass is 10.1. The van der Waals surface area contributed by atoms with Crippen LogP contribution in [0.2, 0.25) is 5.02 Å². The number of fused-ring (bicyclic) bond motifs is 1. The highest BCUT2D eigenvalue weighted by Gasteiger charge is 2.13. The predicted molar refractivity (Wildman–Crippen MR) is 102 cm³/mol. The van der Waals surface area contributed by atoms with E-state index in [1.165, 1.54) is 5.56 Å². The van der Waals surface area contributed by atoms with Crippen LogP contribution in [0.1, 0.15) is 5.56 Å². The van der Waals surface area contributed by atoms with Gasteiger partial charge in [0.05, 0.1) is 0 Å². The second kappa shape index (κ2) is 7.49. The highest BCUT2D eigenvalue weighted by atomic mass is 35.5. The molecule has 0 amide bonds. The first-order chi connectivity index (χ1) is 12.8. The van der Waals surface area contributed by atoms with Gasteiger partial charge in [-0.15, -0.1) is 0 Å². The molecule has 0 radical (unpaired) electrons. The van der Waals surface area contributed by atoms with Crippen molar-refractivity contribution in [3.8, 4) is 11.5 Å². The molecule has 0 unspecified atom stereocenters. The van der Waals surface area contributed by atoms with Crippen LogP contribution in [0.3, 0.4) is 0 Å². The fourth-order valence-electron chi connectivity index (χ4n) is 2.65. The maximum absolute atomic E-state index is 6.00. The molecule has 2 N–H and O–H groups in total. The van der Waals surface area contributed by atoms with Crippen LogP contribution >= 0.6 is 11.6 Å². The van der Waals surface area contributed by atoms with Crippen LogP contribution in [0.25, 0.3) is 0 Å². The summed E-state index contributed by atoms with van der Waals surface area (Å²) in [5.41, 5.74) is 2.04. The molecule has 0 spiro atoms.